The third-order valence-electron chi connectivity index (χ3n) is 6.95. The van der Waals surface area contributed by atoms with Crippen LogP contribution in [0.5, 0.6) is 0 Å². The summed E-state index contributed by atoms with van der Waals surface area (Å²) in [6.45, 7) is 1.07. The highest BCUT2D eigenvalue weighted by molar-refractivity contribution is 5.96. The van der Waals surface area contributed by atoms with Crippen molar-refractivity contribution in [1.82, 2.24) is 14.8 Å². The average Bonchev–Trinajstić information content (AvgIpc) is 3.46. The minimum absolute atomic E-state index is 0.117. The Morgan fingerprint density at radius 3 is 2.47 bits per heavy atom. The van der Waals surface area contributed by atoms with E-state index in [1.807, 2.05) is 10.7 Å². The molecule has 0 radical (unpaired) electrons. The zero-order valence-corrected chi connectivity index (χ0v) is 18.6. The Kier molecular flexibility index (Phi) is 6.03. The molecule has 1 saturated carbocycles. The predicted octanol–water partition coefficient (Wildman–Crippen LogP) is 4.13. The molecule has 1 aromatic heterocycles. The Hall–Kier alpha value is -3.33. The summed E-state index contributed by atoms with van der Waals surface area (Å²) in [5.74, 6) is -1.71. The molecule has 2 aliphatic rings. The van der Waals surface area contributed by atoms with Gasteiger partial charge in [0.25, 0.3) is 0 Å². The molecule has 0 spiro atoms. The fraction of sp³-hybridized carbons (Fsp3) is 0.400. The van der Waals surface area contributed by atoms with Gasteiger partial charge in [-0.05, 0) is 67.5 Å². The summed E-state index contributed by atoms with van der Waals surface area (Å²) in [5, 5.41) is 6.67. The minimum Gasteiger partial charge on any atom is -0.366 e. The zero-order chi connectivity index (χ0) is 23.8. The highest BCUT2D eigenvalue weighted by Gasteiger charge is 2.37. The molecule has 2 heterocycles. The van der Waals surface area contributed by atoms with E-state index >= 15 is 0 Å². The van der Waals surface area contributed by atoms with Crippen molar-refractivity contribution < 1.29 is 23.2 Å². The first-order valence-electron chi connectivity index (χ1n) is 11.6. The van der Waals surface area contributed by atoms with Crippen LogP contribution < -0.4 is 5.73 Å². The SMILES string of the molecule is NC(=O)c1ccc2c(cnn2CC2CCC(C(=O)N3OCC[C@H]3c3cc(F)cc(F)c3)CC2)c1. The van der Waals surface area contributed by atoms with Crippen molar-refractivity contribution in [3.05, 3.63) is 65.4 Å². The molecule has 1 saturated heterocycles. The highest BCUT2D eigenvalue weighted by Crippen LogP contribution is 2.37. The molecule has 7 nitrogen and oxygen atoms in total. The van der Waals surface area contributed by atoms with E-state index in [2.05, 4.69) is 5.10 Å². The molecule has 1 atom stereocenters. The van der Waals surface area contributed by atoms with Gasteiger partial charge in [-0.2, -0.15) is 5.10 Å². The van der Waals surface area contributed by atoms with E-state index in [0.29, 0.717) is 30.1 Å². The van der Waals surface area contributed by atoms with Crippen LogP contribution >= 0.6 is 0 Å². The topological polar surface area (TPSA) is 90.5 Å². The van der Waals surface area contributed by atoms with Gasteiger partial charge in [0.15, 0.2) is 0 Å². The number of hydrogen-bond donors (Lipinski definition) is 1. The number of fused-ring (bicyclic) bond motifs is 1. The van der Waals surface area contributed by atoms with Crippen LogP contribution in [-0.2, 0) is 16.2 Å². The van der Waals surface area contributed by atoms with E-state index in [9.17, 15) is 18.4 Å². The summed E-state index contributed by atoms with van der Waals surface area (Å²) in [5.41, 5.74) is 7.17. The van der Waals surface area contributed by atoms with E-state index in [0.717, 1.165) is 49.2 Å². The van der Waals surface area contributed by atoms with Gasteiger partial charge in [0.1, 0.15) is 11.6 Å². The Morgan fingerprint density at radius 2 is 1.76 bits per heavy atom. The lowest BCUT2D eigenvalue weighted by molar-refractivity contribution is -0.183. The van der Waals surface area contributed by atoms with Crippen molar-refractivity contribution in [3.8, 4) is 0 Å². The standard InChI is InChI=1S/C25H26F2N4O3/c26-20-10-18(11-21(27)12-20)23-7-8-34-31(23)25(33)16-3-1-15(2-4-16)14-30-22-6-5-17(24(28)32)9-19(22)13-29-30/h5-6,9-13,15-16,23H,1-4,7-8,14H2,(H2,28,32)/t15?,16?,23-/m0/s1. The van der Waals surface area contributed by atoms with Crippen LogP contribution in [0.3, 0.4) is 0 Å². The molecule has 2 fully saturated rings. The van der Waals surface area contributed by atoms with Gasteiger partial charge in [-0.1, -0.05) is 0 Å². The van der Waals surface area contributed by atoms with Crippen molar-refractivity contribution in [2.45, 2.75) is 44.7 Å². The number of primary amides is 1. The van der Waals surface area contributed by atoms with Gasteiger partial charge < -0.3 is 5.73 Å². The number of carbonyl (C=O) groups is 2. The third kappa shape index (κ3) is 4.40. The molecule has 178 valence electrons. The van der Waals surface area contributed by atoms with Crippen LogP contribution in [0.4, 0.5) is 8.78 Å². The number of nitrogens with zero attached hydrogens (tertiary/aromatic N) is 3. The van der Waals surface area contributed by atoms with Crippen molar-refractivity contribution in [3.63, 3.8) is 0 Å². The van der Waals surface area contributed by atoms with Gasteiger partial charge >= 0.3 is 0 Å². The van der Waals surface area contributed by atoms with Crippen LogP contribution in [0.25, 0.3) is 10.9 Å². The summed E-state index contributed by atoms with van der Waals surface area (Å²) < 4.78 is 29.3. The van der Waals surface area contributed by atoms with Gasteiger partial charge in [0.2, 0.25) is 11.8 Å². The average molecular weight is 469 g/mol. The Bertz CT molecular complexity index is 1220. The molecule has 1 aliphatic heterocycles. The fourth-order valence-corrected chi connectivity index (χ4v) is 5.16. The molecule has 0 bridgehead atoms. The lowest BCUT2D eigenvalue weighted by atomic mass is 9.81. The molecular formula is C25H26F2N4O3. The van der Waals surface area contributed by atoms with Crippen molar-refractivity contribution in [1.29, 1.82) is 0 Å². The molecule has 0 unspecified atom stereocenters. The zero-order valence-electron chi connectivity index (χ0n) is 18.6. The van der Waals surface area contributed by atoms with Gasteiger partial charge in [-0.3, -0.25) is 19.1 Å². The number of hydroxylamine groups is 2. The first-order valence-corrected chi connectivity index (χ1v) is 11.6. The van der Waals surface area contributed by atoms with Gasteiger partial charge in [-0.25, -0.2) is 13.8 Å². The molecule has 34 heavy (non-hydrogen) atoms. The number of rotatable bonds is 5. The van der Waals surface area contributed by atoms with Crippen LogP contribution in [0, 0.1) is 23.5 Å². The number of amides is 2. The lowest BCUT2D eigenvalue weighted by Crippen LogP contribution is -2.37. The lowest BCUT2D eigenvalue weighted by Gasteiger charge is -2.32. The second-order valence-corrected chi connectivity index (χ2v) is 9.19. The maximum absolute atomic E-state index is 13.7. The number of hydrogen-bond acceptors (Lipinski definition) is 4. The largest absolute Gasteiger partial charge is 0.366 e. The fourth-order valence-electron chi connectivity index (χ4n) is 5.16. The third-order valence-corrected chi connectivity index (χ3v) is 6.95. The van der Waals surface area contributed by atoms with Crippen LogP contribution in [0.2, 0.25) is 0 Å². The number of benzene rings is 2. The molecule has 5 rings (SSSR count). The van der Waals surface area contributed by atoms with E-state index < -0.39 is 23.6 Å². The van der Waals surface area contributed by atoms with E-state index in [4.69, 9.17) is 10.6 Å². The van der Waals surface area contributed by atoms with E-state index in [-0.39, 0.29) is 11.8 Å². The van der Waals surface area contributed by atoms with Crippen LogP contribution in [0.15, 0.2) is 42.6 Å². The molecule has 1 aliphatic carbocycles. The Balaban J connectivity index is 1.21. The van der Waals surface area contributed by atoms with Gasteiger partial charge in [0.05, 0.1) is 24.4 Å². The summed E-state index contributed by atoms with van der Waals surface area (Å²) in [4.78, 5) is 30.2. The Morgan fingerprint density at radius 1 is 1.03 bits per heavy atom. The first kappa shape index (κ1) is 22.5. The summed E-state index contributed by atoms with van der Waals surface area (Å²) in [7, 11) is 0. The normalized spacial score (nSPS) is 22.9. The maximum Gasteiger partial charge on any atom is 0.249 e. The molecule has 9 heteroatoms. The van der Waals surface area contributed by atoms with Crippen molar-refractivity contribution in [2.75, 3.05) is 6.61 Å². The number of carbonyl (C=O) groups excluding carboxylic acids is 2. The van der Waals surface area contributed by atoms with E-state index in [1.165, 1.54) is 17.2 Å². The number of halogens is 2. The molecule has 3 aromatic rings. The van der Waals surface area contributed by atoms with Crippen molar-refractivity contribution in [2.24, 2.45) is 17.6 Å². The molecular weight excluding hydrogens is 442 g/mol. The summed E-state index contributed by atoms with van der Waals surface area (Å²) in [6, 6.07) is 8.18. The monoisotopic (exact) mass is 468 g/mol. The number of nitrogens with two attached hydrogens (primary N) is 1. The second kappa shape index (κ2) is 9.13. The smallest absolute Gasteiger partial charge is 0.249 e. The number of aromatic nitrogens is 2. The molecule has 2 amide bonds. The molecule has 2 aromatic carbocycles. The van der Waals surface area contributed by atoms with Gasteiger partial charge in [0, 0.05) is 35.9 Å². The summed E-state index contributed by atoms with van der Waals surface area (Å²) >= 11 is 0. The van der Waals surface area contributed by atoms with E-state index in [1.54, 1.807) is 18.3 Å². The maximum atomic E-state index is 13.7. The van der Waals surface area contributed by atoms with Crippen LogP contribution in [-0.4, -0.2) is 33.3 Å². The minimum atomic E-state index is -0.660. The summed E-state index contributed by atoms with van der Waals surface area (Å²) in [6.07, 6.45) is 5.41. The molecule has 2 N–H and O–H groups in total. The highest BCUT2D eigenvalue weighted by atomic mass is 19.1. The van der Waals surface area contributed by atoms with Crippen LogP contribution in [0.1, 0.15) is 54.1 Å². The quantitative estimate of drug-likeness (QED) is 0.610. The Labute approximate surface area is 195 Å². The second-order valence-electron chi connectivity index (χ2n) is 9.19. The first-order chi connectivity index (χ1) is 16.4. The predicted molar refractivity (Wildman–Crippen MR) is 120 cm³/mol. The van der Waals surface area contributed by atoms with Gasteiger partial charge in [-0.15, -0.1) is 0 Å². The van der Waals surface area contributed by atoms with Crippen molar-refractivity contribution >= 4 is 22.7 Å².